The molecule has 1 heterocycles. The molecular formula is C18H11BrF2O2S. The number of benzene rings is 2. The number of hydrogen-bond donors (Lipinski definition) is 0. The average molecular weight is 409 g/mol. The predicted octanol–water partition coefficient (Wildman–Crippen LogP) is 5.91. The van der Waals surface area contributed by atoms with E-state index in [4.69, 9.17) is 4.74 Å². The van der Waals surface area contributed by atoms with Crippen LogP contribution >= 0.6 is 27.3 Å². The summed E-state index contributed by atoms with van der Waals surface area (Å²) in [5.41, 5.74) is 1.62. The normalized spacial score (nSPS) is 10.7. The zero-order valence-electron chi connectivity index (χ0n) is 12.5. The summed E-state index contributed by atoms with van der Waals surface area (Å²) >= 11 is 4.73. The minimum atomic E-state index is -0.923. The van der Waals surface area contributed by atoms with Gasteiger partial charge in [-0.3, -0.25) is 0 Å². The third kappa shape index (κ3) is 2.87. The Balaban J connectivity index is 2.27. The molecule has 6 heteroatoms. The fourth-order valence-corrected chi connectivity index (χ4v) is 4.26. The minimum Gasteiger partial charge on any atom is -0.465 e. The Morgan fingerprint density at radius 2 is 1.79 bits per heavy atom. The summed E-state index contributed by atoms with van der Waals surface area (Å²) in [5, 5.41) is 1.78. The standard InChI is InChI=1S/C18H11BrF2O2S/c1-23-18(22)11-6-3-2-5-10(11)17-15(13(19)9-24-17)12-7-4-8-14(20)16(12)21/h2-9H,1H3. The Labute approximate surface area is 149 Å². The Morgan fingerprint density at radius 3 is 2.54 bits per heavy atom. The van der Waals surface area contributed by atoms with Crippen molar-refractivity contribution in [2.45, 2.75) is 0 Å². The van der Waals surface area contributed by atoms with Gasteiger partial charge in [0.2, 0.25) is 0 Å². The van der Waals surface area contributed by atoms with Crippen LogP contribution in [0.5, 0.6) is 0 Å². The Morgan fingerprint density at radius 1 is 1.08 bits per heavy atom. The molecular weight excluding hydrogens is 398 g/mol. The Bertz CT molecular complexity index is 921. The zero-order valence-corrected chi connectivity index (χ0v) is 14.9. The lowest BCUT2D eigenvalue weighted by atomic mass is 9.99. The molecule has 0 unspecified atom stereocenters. The van der Waals surface area contributed by atoms with Crippen molar-refractivity contribution >= 4 is 33.2 Å². The third-order valence-corrected chi connectivity index (χ3v) is 5.49. The molecule has 0 atom stereocenters. The van der Waals surface area contributed by atoms with Gasteiger partial charge in [-0.1, -0.05) is 30.3 Å². The van der Waals surface area contributed by atoms with Crippen molar-refractivity contribution in [2.24, 2.45) is 0 Å². The van der Waals surface area contributed by atoms with Crippen LogP contribution in [0.2, 0.25) is 0 Å². The lowest BCUT2D eigenvalue weighted by Crippen LogP contribution is -2.03. The van der Waals surface area contributed by atoms with E-state index < -0.39 is 17.6 Å². The summed E-state index contributed by atoms with van der Waals surface area (Å²) in [5.74, 6) is -2.33. The number of hydrogen-bond acceptors (Lipinski definition) is 3. The maximum Gasteiger partial charge on any atom is 0.338 e. The van der Waals surface area contributed by atoms with E-state index in [1.54, 1.807) is 29.6 Å². The monoisotopic (exact) mass is 408 g/mol. The molecule has 0 fully saturated rings. The Kier molecular flexibility index (Phi) is 4.78. The molecule has 24 heavy (non-hydrogen) atoms. The SMILES string of the molecule is COC(=O)c1ccccc1-c1scc(Br)c1-c1cccc(F)c1F. The van der Waals surface area contributed by atoms with Crippen LogP contribution in [0.25, 0.3) is 21.6 Å². The molecule has 0 saturated heterocycles. The molecule has 0 aliphatic rings. The summed E-state index contributed by atoms with van der Waals surface area (Å²) in [6.07, 6.45) is 0. The molecule has 2 aromatic carbocycles. The van der Waals surface area contributed by atoms with Crippen molar-refractivity contribution in [2.75, 3.05) is 7.11 Å². The highest BCUT2D eigenvalue weighted by molar-refractivity contribution is 9.10. The van der Waals surface area contributed by atoms with E-state index in [1.165, 1.54) is 30.6 Å². The third-order valence-electron chi connectivity index (χ3n) is 3.54. The summed E-state index contributed by atoms with van der Waals surface area (Å²) < 4.78 is 33.4. The number of carbonyl (C=O) groups is 1. The molecule has 0 amide bonds. The van der Waals surface area contributed by atoms with Gasteiger partial charge in [0.15, 0.2) is 11.6 Å². The van der Waals surface area contributed by atoms with Crippen molar-refractivity contribution in [3.8, 4) is 21.6 Å². The van der Waals surface area contributed by atoms with E-state index in [1.807, 2.05) is 0 Å². The van der Waals surface area contributed by atoms with Gasteiger partial charge >= 0.3 is 5.97 Å². The van der Waals surface area contributed by atoms with E-state index in [0.717, 1.165) is 6.07 Å². The van der Waals surface area contributed by atoms with Gasteiger partial charge in [-0.15, -0.1) is 11.3 Å². The number of carbonyl (C=O) groups excluding carboxylic acids is 1. The van der Waals surface area contributed by atoms with Crippen molar-refractivity contribution in [1.82, 2.24) is 0 Å². The molecule has 0 spiro atoms. The van der Waals surface area contributed by atoms with Crippen LogP contribution in [0.15, 0.2) is 52.3 Å². The summed E-state index contributed by atoms with van der Waals surface area (Å²) in [7, 11) is 1.30. The van der Waals surface area contributed by atoms with Crippen LogP contribution < -0.4 is 0 Å². The maximum absolute atomic E-state index is 14.3. The number of halogens is 3. The van der Waals surface area contributed by atoms with Crippen LogP contribution in [0.4, 0.5) is 8.78 Å². The van der Waals surface area contributed by atoms with E-state index in [9.17, 15) is 13.6 Å². The van der Waals surface area contributed by atoms with Gasteiger partial charge < -0.3 is 4.74 Å². The molecule has 0 N–H and O–H groups in total. The molecule has 1 aromatic heterocycles. The molecule has 3 aromatic rings. The fraction of sp³-hybridized carbons (Fsp3) is 0.0556. The highest BCUT2D eigenvalue weighted by Gasteiger charge is 2.22. The van der Waals surface area contributed by atoms with Crippen molar-refractivity contribution in [3.63, 3.8) is 0 Å². The highest BCUT2D eigenvalue weighted by atomic mass is 79.9. The highest BCUT2D eigenvalue weighted by Crippen LogP contribution is 2.44. The Hall–Kier alpha value is -2.05. The minimum absolute atomic E-state index is 0.137. The molecule has 0 saturated carbocycles. The van der Waals surface area contributed by atoms with Crippen LogP contribution in [-0.2, 0) is 4.74 Å². The zero-order chi connectivity index (χ0) is 17.3. The second-order valence-electron chi connectivity index (χ2n) is 4.93. The van der Waals surface area contributed by atoms with Crippen LogP contribution in [0.1, 0.15) is 10.4 Å². The second-order valence-corrected chi connectivity index (χ2v) is 6.66. The maximum atomic E-state index is 14.3. The van der Waals surface area contributed by atoms with Gasteiger partial charge in [0.1, 0.15) is 0 Å². The number of methoxy groups -OCH3 is 1. The van der Waals surface area contributed by atoms with Crippen molar-refractivity contribution in [1.29, 1.82) is 0 Å². The average Bonchev–Trinajstić information content (AvgIpc) is 2.98. The topological polar surface area (TPSA) is 26.3 Å². The summed E-state index contributed by atoms with van der Waals surface area (Å²) in [6, 6.07) is 10.9. The van der Waals surface area contributed by atoms with Gasteiger partial charge in [-0.05, 0) is 28.1 Å². The first-order valence-electron chi connectivity index (χ1n) is 6.93. The molecule has 3 rings (SSSR count). The summed E-state index contributed by atoms with van der Waals surface area (Å²) in [6.45, 7) is 0. The van der Waals surface area contributed by atoms with E-state index in [-0.39, 0.29) is 5.56 Å². The van der Waals surface area contributed by atoms with Crippen LogP contribution in [0, 0.1) is 11.6 Å². The fourth-order valence-electron chi connectivity index (χ4n) is 2.45. The smallest absolute Gasteiger partial charge is 0.338 e. The van der Waals surface area contributed by atoms with Crippen molar-refractivity contribution in [3.05, 3.63) is 69.5 Å². The largest absolute Gasteiger partial charge is 0.465 e. The van der Waals surface area contributed by atoms with E-state index in [2.05, 4.69) is 15.9 Å². The molecule has 0 aliphatic heterocycles. The lowest BCUT2D eigenvalue weighted by Gasteiger charge is -2.10. The molecule has 2 nitrogen and oxygen atoms in total. The van der Waals surface area contributed by atoms with E-state index >= 15 is 0 Å². The van der Waals surface area contributed by atoms with Gasteiger partial charge in [0.25, 0.3) is 0 Å². The number of rotatable bonds is 3. The van der Waals surface area contributed by atoms with Gasteiger partial charge in [0, 0.05) is 31.4 Å². The molecule has 122 valence electrons. The first-order chi connectivity index (χ1) is 11.5. The number of thiophene rings is 1. The molecule has 0 aliphatic carbocycles. The number of ether oxygens (including phenoxy) is 1. The summed E-state index contributed by atoms with van der Waals surface area (Å²) in [4.78, 5) is 12.7. The first-order valence-corrected chi connectivity index (χ1v) is 8.61. The van der Waals surface area contributed by atoms with Gasteiger partial charge in [-0.25, -0.2) is 13.6 Å². The van der Waals surface area contributed by atoms with Gasteiger partial charge in [-0.2, -0.15) is 0 Å². The number of esters is 1. The first kappa shape index (κ1) is 16.8. The van der Waals surface area contributed by atoms with Gasteiger partial charge in [0.05, 0.1) is 12.7 Å². The quantitative estimate of drug-likeness (QED) is 0.503. The molecule has 0 radical (unpaired) electrons. The van der Waals surface area contributed by atoms with Crippen LogP contribution in [0.3, 0.4) is 0 Å². The second kappa shape index (κ2) is 6.83. The molecule has 0 bridgehead atoms. The predicted molar refractivity (Wildman–Crippen MR) is 94.1 cm³/mol. The van der Waals surface area contributed by atoms with Crippen LogP contribution in [-0.4, -0.2) is 13.1 Å². The van der Waals surface area contributed by atoms with Crippen molar-refractivity contribution < 1.29 is 18.3 Å². The van der Waals surface area contributed by atoms with E-state index in [0.29, 0.717) is 26.0 Å². The lowest BCUT2D eigenvalue weighted by molar-refractivity contribution is 0.0601.